The van der Waals surface area contributed by atoms with Crippen LogP contribution in [0.4, 0.5) is 0 Å². The number of hydrogen-bond acceptors (Lipinski definition) is 4. The van der Waals surface area contributed by atoms with Crippen molar-refractivity contribution in [2.45, 2.75) is 125 Å². The summed E-state index contributed by atoms with van der Waals surface area (Å²) in [4.78, 5) is 24.7. The summed E-state index contributed by atoms with van der Waals surface area (Å²) in [6.45, 7) is 17.8. The van der Waals surface area contributed by atoms with Crippen LogP contribution in [0.25, 0.3) is 0 Å². The third-order valence-corrected chi connectivity index (χ3v) is 13.3. The van der Waals surface area contributed by atoms with Gasteiger partial charge in [-0.15, -0.1) is 0 Å². The van der Waals surface area contributed by atoms with E-state index in [2.05, 4.69) is 54.5 Å². The van der Waals surface area contributed by atoms with Crippen LogP contribution in [0.5, 0.6) is 0 Å². The molecule has 0 spiro atoms. The SMILES string of the molecule is CC(=O)O[C@@H]1[C@@H](O)C[C@]2(C)C(CC[C@@]3(C)C2CC=C2C4CC(C)(C)CC[C@@]4(C(=O)O)CC[C@@]23C)C1(C)C. The highest BCUT2D eigenvalue weighted by molar-refractivity contribution is 5.76. The Morgan fingerprint density at radius 2 is 1.57 bits per heavy atom. The number of fused-ring (bicyclic) bond motifs is 7. The number of rotatable bonds is 2. The van der Waals surface area contributed by atoms with Crippen LogP contribution in [0.1, 0.15) is 113 Å². The highest BCUT2D eigenvalue weighted by Crippen LogP contribution is 2.75. The molecule has 5 heteroatoms. The van der Waals surface area contributed by atoms with Gasteiger partial charge in [-0.25, -0.2) is 0 Å². The third-order valence-electron chi connectivity index (χ3n) is 13.3. The fraction of sp³-hybridized carbons (Fsp3) is 0.875. The van der Waals surface area contributed by atoms with Crippen molar-refractivity contribution in [3.8, 4) is 0 Å². The van der Waals surface area contributed by atoms with Gasteiger partial charge in [0.15, 0.2) is 0 Å². The number of carbonyl (C=O) groups excluding carboxylic acids is 1. The molecule has 0 saturated heterocycles. The molecule has 2 N–H and O–H groups in total. The molecule has 0 aromatic heterocycles. The summed E-state index contributed by atoms with van der Waals surface area (Å²) < 4.78 is 5.74. The number of carboxylic acid groups (broad SMARTS) is 1. The Kier molecular flexibility index (Phi) is 5.95. The van der Waals surface area contributed by atoms with Crippen LogP contribution in [0.2, 0.25) is 0 Å². The normalized spacial score (nSPS) is 49.9. The molecule has 0 aromatic rings. The van der Waals surface area contributed by atoms with Crippen LogP contribution in [0, 0.1) is 50.2 Å². The first kappa shape index (κ1) is 27.2. The summed E-state index contributed by atoms with van der Waals surface area (Å²) >= 11 is 0. The Labute approximate surface area is 223 Å². The zero-order valence-electron chi connectivity index (χ0n) is 24.4. The Morgan fingerprint density at radius 3 is 2.19 bits per heavy atom. The molecule has 3 unspecified atom stereocenters. The molecule has 0 amide bonds. The fourth-order valence-corrected chi connectivity index (χ4v) is 11.2. The molecular weight excluding hydrogens is 464 g/mol. The maximum atomic E-state index is 12.8. The van der Waals surface area contributed by atoms with E-state index in [9.17, 15) is 19.8 Å². The smallest absolute Gasteiger partial charge is 0.310 e. The van der Waals surface area contributed by atoms with Gasteiger partial charge in [0.25, 0.3) is 0 Å². The molecule has 0 aromatic carbocycles. The van der Waals surface area contributed by atoms with E-state index in [0.717, 1.165) is 51.4 Å². The summed E-state index contributed by atoms with van der Waals surface area (Å²) in [7, 11) is 0. The topological polar surface area (TPSA) is 83.8 Å². The van der Waals surface area contributed by atoms with Crippen molar-refractivity contribution >= 4 is 11.9 Å². The van der Waals surface area contributed by atoms with E-state index in [1.54, 1.807) is 0 Å². The largest absolute Gasteiger partial charge is 0.481 e. The molecule has 4 saturated carbocycles. The zero-order chi connectivity index (χ0) is 27.4. The van der Waals surface area contributed by atoms with Gasteiger partial charge in [0.2, 0.25) is 0 Å². The summed E-state index contributed by atoms with van der Waals surface area (Å²) in [6.07, 6.45) is 9.46. The second kappa shape index (κ2) is 8.08. The predicted octanol–water partition coefficient (Wildman–Crippen LogP) is 6.78. The first-order valence-corrected chi connectivity index (χ1v) is 14.7. The summed E-state index contributed by atoms with van der Waals surface area (Å²) in [5.74, 6) is -0.0583. The lowest BCUT2D eigenvalue weighted by Crippen LogP contribution is -2.67. The third kappa shape index (κ3) is 3.50. The number of esters is 1. The number of aliphatic hydroxyl groups is 1. The van der Waals surface area contributed by atoms with Crippen molar-refractivity contribution in [1.29, 1.82) is 0 Å². The van der Waals surface area contributed by atoms with Gasteiger partial charge in [-0.05, 0) is 97.2 Å². The minimum Gasteiger partial charge on any atom is -0.481 e. The Morgan fingerprint density at radius 1 is 0.919 bits per heavy atom. The summed E-state index contributed by atoms with van der Waals surface area (Å²) in [6, 6.07) is 0. The maximum Gasteiger partial charge on any atom is 0.310 e. The summed E-state index contributed by atoms with van der Waals surface area (Å²) in [5.41, 5.74) is 0.580. The van der Waals surface area contributed by atoms with Gasteiger partial charge in [-0.1, -0.05) is 60.1 Å². The lowest BCUT2D eigenvalue weighted by molar-refractivity contribution is -0.239. The van der Waals surface area contributed by atoms with Crippen molar-refractivity contribution in [3.63, 3.8) is 0 Å². The van der Waals surface area contributed by atoms with Crippen LogP contribution in [-0.4, -0.2) is 34.4 Å². The van der Waals surface area contributed by atoms with Crippen molar-refractivity contribution < 1.29 is 24.5 Å². The van der Waals surface area contributed by atoms with Gasteiger partial charge < -0.3 is 14.9 Å². The van der Waals surface area contributed by atoms with E-state index in [-0.39, 0.29) is 39.0 Å². The molecule has 208 valence electrons. The van der Waals surface area contributed by atoms with E-state index < -0.39 is 23.6 Å². The van der Waals surface area contributed by atoms with Crippen LogP contribution >= 0.6 is 0 Å². The van der Waals surface area contributed by atoms with Gasteiger partial charge in [0.05, 0.1) is 11.5 Å². The van der Waals surface area contributed by atoms with E-state index in [4.69, 9.17) is 4.74 Å². The van der Waals surface area contributed by atoms with Crippen LogP contribution in [0.3, 0.4) is 0 Å². The Balaban J connectivity index is 1.57. The standard InChI is InChI=1S/C32H50O5/c1-19(33)37-25-22(34)18-29(6)23(28(25,4)5)11-12-31(8)24(29)10-9-20-21-17-27(2,3)13-15-32(21,26(35)36)16-14-30(20,31)7/h9,21-25,34H,10-18H2,1-8H3,(H,35,36)/t21?,22-,23?,24?,25+,29+,30-,31-,32+/m0/s1. The quantitative estimate of drug-likeness (QED) is 0.314. The van der Waals surface area contributed by atoms with Crippen molar-refractivity contribution in [2.24, 2.45) is 50.2 Å². The Bertz CT molecular complexity index is 1030. The molecule has 0 heterocycles. The summed E-state index contributed by atoms with van der Waals surface area (Å²) in [5, 5.41) is 21.9. The molecule has 5 rings (SSSR count). The first-order chi connectivity index (χ1) is 16.9. The molecule has 5 aliphatic rings. The van der Waals surface area contributed by atoms with Crippen molar-refractivity contribution in [3.05, 3.63) is 11.6 Å². The molecule has 5 aliphatic carbocycles. The van der Waals surface area contributed by atoms with Gasteiger partial charge in [0, 0.05) is 12.3 Å². The highest BCUT2D eigenvalue weighted by Gasteiger charge is 2.70. The lowest BCUT2D eigenvalue weighted by Gasteiger charge is -2.71. The van der Waals surface area contributed by atoms with Gasteiger partial charge >= 0.3 is 11.9 Å². The van der Waals surface area contributed by atoms with Gasteiger partial charge in [-0.3, -0.25) is 9.59 Å². The van der Waals surface area contributed by atoms with Crippen molar-refractivity contribution in [2.75, 3.05) is 0 Å². The molecule has 5 nitrogen and oxygen atoms in total. The molecule has 4 fully saturated rings. The average molecular weight is 515 g/mol. The van der Waals surface area contributed by atoms with Crippen LogP contribution in [0.15, 0.2) is 11.6 Å². The average Bonchev–Trinajstić information content (AvgIpc) is 2.76. The van der Waals surface area contributed by atoms with E-state index in [1.807, 2.05) is 0 Å². The van der Waals surface area contributed by atoms with Crippen LogP contribution < -0.4 is 0 Å². The van der Waals surface area contributed by atoms with E-state index in [1.165, 1.54) is 12.5 Å². The number of aliphatic carboxylic acids is 1. The van der Waals surface area contributed by atoms with Crippen LogP contribution in [-0.2, 0) is 14.3 Å². The molecule has 9 atom stereocenters. The molecule has 0 aliphatic heterocycles. The minimum atomic E-state index is -0.675. The number of carbonyl (C=O) groups is 2. The fourth-order valence-electron chi connectivity index (χ4n) is 11.2. The number of carboxylic acids is 1. The minimum absolute atomic E-state index is 0.0389. The number of ether oxygens (including phenoxy) is 1. The Hall–Kier alpha value is -1.36. The second-order valence-electron chi connectivity index (χ2n) is 15.8. The molecule has 0 bridgehead atoms. The lowest BCUT2D eigenvalue weighted by atomic mass is 9.33. The number of allylic oxidation sites excluding steroid dienone is 2. The molecule has 37 heavy (non-hydrogen) atoms. The van der Waals surface area contributed by atoms with Gasteiger partial charge in [-0.2, -0.15) is 0 Å². The molecule has 0 radical (unpaired) electrons. The van der Waals surface area contributed by atoms with Gasteiger partial charge in [0.1, 0.15) is 6.10 Å². The zero-order valence-corrected chi connectivity index (χ0v) is 24.4. The van der Waals surface area contributed by atoms with E-state index in [0.29, 0.717) is 18.3 Å². The molecular formula is C32H50O5. The highest BCUT2D eigenvalue weighted by atomic mass is 16.6. The van der Waals surface area contributed by atoms with E-state index >= 15 is 0 Å². The van der Waals surface area contributed by atoms with Crippen molar-refractivity contribution in [1.82, 2.24) is 0 Å². The monoisotopic (exact) mass is 514 g/mol. The predicted molar refractivity (Wildman–Crippen MR) is 144 cm³/mol. The maximum absolute atomic E-state index is 12.8. The number of hydrogen-bond donors (Lipinski definition) is 2. The number of aliphatic hydroxyl groups excluding tert-OH is 1. The second-order valence-corrected chi connectivity index (χ2v) is 15.8. The first-order valence-electron chi connectivity index (χ1n) is 14.7.